The molecular formula is C15H17BrF3NO2. The highest BCUT2D eigenvalue weighted by molar-refractivity contribution is 9.10. The van der Waals surface area contributed by atoms with E-state index in [0.717, 1.165) is 34.1 Å². The lowest BCUT2D eigenvalue weighted by Crippen LogP contribution is -2.43. The van der Waals surface area contributed by atoms with Gasteiger partial charge in [-0.25, -0.2) is 0 Å². The van der Waals surface area contributed by atoms with Crippen molar-refractivity contribution in [1.29, 1.82) is 0 Å². The number of fused-ring (bicyclic) bond motifs is 1. The van der Waals surface area contributed by atoms with Gasteiger partial charge in [0, 0.05) is 16.7 Å². The minimum Gasteiger partial charge on any atom is -0.359 e. The number of amides is 1. The maximum absolute atomic E-state index is 12.4. The van der Waals surface area contributed by atoms with E-state index in [4.69, 9.17) is 0 Å². The van der Waals surface area contributed by atoms with Crippen molar-refractivity contribution < 1.29 is 22.7 Å². The van der Waals surface area contributed by atoms with Gasteiger partial charge in [-0.3, -0.25) is 4.79 Å². The van der Waals surface area contributed by atoms with Gasteiger partial charge in [0.15, 0.2) is 0 Å². The predicted molar refractivity (Wildman–Crippen MR) is 81.0 cm³/mol. The number of hydrogen-bond donors (Lipinski definition) is 0. The second kappa shape index (κ2) is 6.58. The molecule has 0 fully saturated rings. The molecule has 0 saturated carbocycles. The minimum absolute atomic E-state index is 0.435. The summed E-state index contributed by atoms with van der Waals surface area (Å²) in [6.45, 7) is 2.32. The summed E-state index contributed by atoms with van der Waals surface area (Å²) in [6, 6.07) is 3.84. The van der Waals surface area contributed by atoms with Crippen LogP contribution < -0.4 is 4.90 Å². The topological polar surface area (TPSA) is 29.5 Å². The summed E-state index contributed by atoms with van der Waals surface area (Å²) in [6.07, 6.45) is -3.94. The summed E-state index contributed by atoms with van der Waals surface area (Å²) in [5, 5.41) is 0. The Bertz CT molecular complexity index is 575. The highest BCUT2D eigenvalue weighted by Gasteiger charge is 2.33. The van der Waals surface area contributed by atoms with Gasteiger partial charge in [-0.05, 0) is 49.9 Å². The van der Waals surface area contributed by atoms with E-state index in [1.54, 1.807) is 4.90 Å². The summed E-state index contributed by atoms with van der Waals surface area (Å²) < 4.78 is 42.2. The summed E-state index contributed by atoms with van der Waals surface area (Å²) in [7, 11) is 0. The average molecular weight is 380 g/mol. The lowest BCUT2D eigenvalue weighted by Gasteiger charge is -2.33. The lowest BCUT2D eigenvalue weighted by atomic mass is 9.98. The van der Waals surface area contributed by atoms with E-state index in [2.05, 4.69) is 20.7 Å². The molecule has 122 valence electrons. The number of aryl methyl sites for hydroxylation is 2. The van der Waals surface area contributed by atoms with Crippen molar-refractivity contribution >= 4 is 27.5 Å². The second-order valence-corrected chi connectivity index (χ2v) is 6.31. The molecule has 0 saturated heterocycles. The molecule has 0 radical (unpaired) electrons. The fourth-order valence-corrected chi connectivity index (χ4v) is 3.27. The van der Waals surface area contributed by atoms with Gasteiger partial charge in [0.25, 0.3) is 5.91 Å². The number of halogens is 4. The van der Waals surface area contributed by atoms with Crippen molar-refractivity contribution in [3.63, 3.8) is 0 Å². The molecule has 1 heterocycles. The molecule has 2 rings (SSSR count). The van der Waals surface area contributed by atoms with Gasteiger partial charge in [-0.1, -0.05) is 15.9 Å². The molecule has 0 aromatic heterocycles. The molecule has 0 spiro atoms. The molecule has 22 heavy (non-hydrogen) atoms. The molecule has 1 aromatic rings. The van der Waals surface area contributed by atoms with Crippen LogP contribution in [0.15, 0.2) is 16.6 Å². The fourth-order valence-electron chi connectivity index (χ4n) is 2.65. The molecule has 1 amide bonds. The maximum atomic E-state index is 12.4. The minimum atomic E-state index is -4.44. The van der Waals surface area contributed by atoms with Crippen LogP contribution in [0.1, 0.15) is 24.5 Å². The fraction of sp³-hybridized carbons (Fsp3) is 0.533. The summed E-state index contributed by atoms with van der Waals surface area (Å²) in [4.78, 5) is 14.0. The van der Waals surface area contributed by atoms with Gasteiger partial charge >= 0.3 is 6.18 Å². The van der Waals surface area contributed by atoms with Gasteiger partial charge in [-0.15, -0.1) is 0 Å². The molecular weight excluding hydrogens is 363 g/mol. The average Bonchev–Trinajstić information content (AvgIpc) is 2.42. The Hall–Kier alpha value is -1.08. The van der Waals surface area contributed by atoms with Crippen LogP contribution in [-0.2, 0) is 16.0 Å². The first-order chi connectivity index (χ1) is 10.2. The number of ether oxygens (including phenoxy) is 1. The Balaban J connectivity index is 2.19. The summed E-state index contributed by atoms with van der Waals surface area (Å²) >= 11 is 3.42. The quantitative estimate of drug-likeness (QED) is 0.793. The molecule has 1 atom stereocenters. The van der Waals surface area contributed by atoms with Gasteiger partial charge in [0.05, 0.1) is 0 Å². The second-order valence-electron chi connectivity index (χ2n) is 5.39. The molecule has 1 aromatic carbocycles. The van der Waals surface area contributed by atoms with Gasteiger partial charge < -0.3 is 9.64 Å². The van der Waals surface area contributed by atoms with Crippen molar-refractivity contribution in [1.82, 2.24) is 0 Å². The van der Waals surface area contributed by atoms with Crippen molar-refractivity contribution in [3.05, 3.63) is 27.7 Å². The Kier molecular flexibility index (Phi) is 5.17. The van der Waals surface area contributed by atoms with Crippen LogP contribution in [0.3, 0.4) is 0 Å². The van der Waals surface area contributed by atoms with Crippen molar-refractivity contribution in [2.24, 2.45) is 0 Å². The molecule has 0 aliphatic carbocycles. The van der Waals surface area contributed by atoms with Crippen LogP contribution in [-0.4, -0.2) is 31.3 Å². The number of benzene rings is 1. The van der Waals surface area contributed by atoms with E-state index in [1.807, 2.05) is 19.1 Å². The van der Waals surface area contributed by atoms with Crippen molar-refractivity contribution in [3.8, 4) is 0 Å². The Labute approximate surface area is 135 Å². The first-order valence-electron chi connectivity index (χ1n) is 6.98. The Morgan fingerprint density at radius 3 is 2.77 bits per heavy atom. The van der Waals surface area contributed by atoms with E-state index >= 15 is 0 Å². The maximum Gasteiger partial charge on any atom is 0.411 e. The Morgan fingerprint density at radius 2 is 2.14 bits per heavy atom. The smallest absolute Gasteiger partial charge is 0.359 e. The zero-order chi connectivity index (χ0) is 16.5. The first kappa shape index (κ1) is 17.3. The van der Waals surface area contributed by atoms with Gasteiger partial charge in [-0.2, -0.15) is 13.2 Å². The normalized spacial score (nSPS) is 16.4. The third-order valence-electron chi connectivity index (χ3n) is 3.55. The van der Waals surface area contributed by atoms with Gasteiger partial charge in [0.1, 0.15) is 12.7 Å². The highest BCUT2D eigenvalue weighted by Crippen LogP contribution is 2.34. The lowest BCUT2D eigenvalue weighted by molar-refractivity contribution is -0.185. The first-order valence-corrected chi connectivity index (χ1v) is 7.77. The number of carbonyl (C=O) groups excluding carboxylic acids is 1. The standard InChI is InChI=1S/C15H17BrF3NO2/c1-9-6-12(16)7-11-4-3-5-20(13(9)11)14(21)10(2)22-8-15(17,18)19/h6-7,10H,3-5,8H2,1-2H3. The van der Waals surface area contributed by atoms with Crippen LogP contribution in [0.25, 0.3) is 0 Å². The molecule has 0 N–H and O–H groups in total. The van der Waals surface area contributed by atoms with Crippen LogP contribution in [0, 0.1) is 6.92 Å². The largest absolute Gasteiger partial charge is 0.411 e. The van der Waals surface area contributed by atoms with E-state index in [1.165, 1.54) is 6.92 Å². The highest BCUT2D eigenvalue weighted by atomic mass is 79.9. The zero-order valence-corrected chi connectivity index (χ0v) is 13.9. The molecule has 1 unspecified atom stereocenters. The van der Waals surface area contributed by atoms with E-state index in [0.29, 0.717) is 6.54 Å². The monoisotopic (exact) mass is 379 g/mol. The third-order valence-corrected chi connectivity index (χ3v) is 4.01. The number of anilines is 1. The number of rotatable bonds is 3. The van der Waals surface area contributed by atoms with E-state index in [9.17, 15) is 18.0 Å². The van der Waals surface area contributed by atoms with Crippen LogP contribution >= 0.6 is 15.9 Å². The Morgan fingerprint density at radius 1 is 1.45 bits per heavy atom. The van der Waals surface area contributed by atoms with E-state index < -0.39 is 24.8 Å². The number of nitrogens with zero attached hydrogens (tertiary/aromatic N) is 1. The van der Waals surface area contributed by atoms with Crippen LogP contribution in [0.2, 0.25) is 0 Å². The molecule has 1 aliphatic heterocycles. The summed E-state index contributed by atoms with van der Waals surface area (Å²) in [5.41, 5.74) is 2.73. The predicted octanol–water partition coefficient (Wildman–Crippen LogP) is 4.00. The number of alkyl halides is 3. The van der Waals surface area contributed by atoms with Gasteiger partial charge in [0.2, 0.25) is 0 Å². The van der Waals surface area contributed by atoms with E-state index in [-0.39, 0.29) is 0 Å². The molecule has 1 aliphatic rings. The number of hydrogen-bond acceptors (Lipinski definition) is 2. The molecule has 0 bridgehead atoms. The SMILES string of the molecule is Cc1cc(Br)cc2c1N(C(=O)C(C)OCC(F)(F)F)CCC2. The third kappa shape index (κ3) is 4.01. The van der Waals surface area contributed by atoms with Crippen LogP contribution in [0.4, 0.5) is 18.9 Å². The molecule has 3 nitrogen and oxygen atoms in total. The molecule has 7 heteroatoms. The number of carbonyl (C=O) groups is 1. The van der Waals surface area contributed by atoms with Crippen molar-refractivity contribution in [2.45, 2.75) is 39.0 Å². The summed E-state index contributed by atoms with van der Waals surface area (Å²) in [5.74, 6) is -0.435. The zero-order valence-electron chi connectivity index (χ0n) is 12.3. The van der Waals surface area contributed by atoms with Crippen LogP contribution in [0.5, 0.6) is 0 Å². The van der Waals surface area contributed by atoms with Crippen molar-refractivity contribution in [2.75, 3.05) is 18.1 Å².